The van der Waals surface area contributed by atoms with Gasteiger partial charge in [-0.25, -0.2) is 0 Å². The van der Waals surface area contributed by atoms with Gasteiger partial charge in [0, 0.05) is 22.6 Å². The first kappa shape index (κ1) is 18.5. The van der Waals surface area contributed by atoms with Crippen molar-refractivity contribution < 1.29 is 0 Å². The predicted octanol–water partition coefficient (Wildman–Crippen LogP) is 6.12. The number of hydrogen-bond donors (Lipinski definition) is 0. The van der Waals surface area contributed by atoms with Crippen molar-refractivity contribution in [2.75, 3.05) is 0 Å². The number of hydrogen-bond acceptors (Lipinski definition) is 3. The summed E-state index contributed by atoms with van der Waals surface area (Å²) in [6.07, 6.45) is 1.59. The molecule has 3 aromatic carbocycles. The zero-order chi connectivity index (χ0) is 19.2. The van der Waals surface area contributed by atoms with Crippen LogP contribution in [-0.4, -0.2) is 10.2 Å². The van der Waals surface area contributed by atoms with Crippen molar-refractivity contribution in [3.05, 3.63) is 119 Å². The molecule has 0 saturated carbocycles. The van der Waals surface area contributed by atoms with Crippen LogP contribution in [0.3, 0.4) is 0 Å². The van der Waals surface area contributed by atoms with Crippen molar-refractivity contribution in [3.63, 3.8) is 0 Å². The zero-order valence-electron chi connectivity index (χ0n) is 15.9. The summed E-state index contributed by atoms with van der Waals surface area (Å²) in [6, 6.07) is 31.4. The van der Waals surface area contributed by atoms with Gasteiger partial charge in [0.1, 0.15) is 0 Å². The molecule has 3 heteroatoms. The summed E-state index contributed by atoms with van der Waals surface area (Å²) in [7, 11) is 0. The van der Waals surface area contributed by atoms with E-state index in [-0.39, 0.29) is 0 Å². The van der Waals surface area contributed by atoms with Crippen LogP contribution in [0.1, 0.15) is 28.1 Å². The molecule has 0 unspecified atom stereocenters. The van der Waals surface area contributed by atoms with Crippen LogP contribution in [-0.2, 0) is 12.8 Å². The Morgan fingerprint density at radius 1 is 0.607 bits per heavy atom. The molecule has 0 spiro atoms. The van der Waals surface area contributed by atoms with E-state index in [1.807, 2.05) is 18.2 Å². The standard InChI is InChI=1S/C25H22N2S/c1-19-23(17-20-11-5-2-6-12-20)26-27-24(18-21-13-7-3-8-14-21)25(19)28-22-15-9-4-10-16-22/h2-16H,17-18H2,1H3. The van der Waals surface area contributed by atoms with E-state index in [1.54, 1.807) is 11.8 Å². The van der Waals surface area contributed by atoms with E-state index in [0.717, 1.165) is 24.2 Å². The highest BCUT2D eigenvalue weighted by Crippen LogP contribution is 2.34. The molecule has 1 heterocycles. The van der Waals surface area contributed by atoms with Gasteiger partial charge >= 0.3 is 0 Å². The minimum atomic E-state index is 0.787. The molecular weight excluding hydrogens is 360 g/mol. The smallest absolute Gasteiger partial charge is 0.0816 e. The van der Waals surface area contributed by atoms with E-state index >= 15 is 0 Å². The second-order valence-electron chi connectivity index (χ2n) is 6.79. The second-order valence-corrected chi connectivity index (χ2v) is 7.87. The molecule has 0 aliphatic carbocycles. The van der Waals surface area contributed by atoms with Gasteiger partial charge in [0.2, 0.25) is 0 Å². The maximum absolute atomic E-state index is 4.66. The molecule has 0 radical (unpaired) electrons. The first-order chi connectivity index (χ1) is 13.8. The monoisotopic (exact) mass is 382 g/mol. The van der Waals surface area contributed by atoms with Crippen LogP contribution in [0.25, 0.3) is 0 Å². The van der Waals surface area contributed by atoms with Crippen molar-refractivity contribution in [3.8, 4) is 0 Å². The summed E-state index contributed by atoms with van der Waals surface area (Å²) >= 11 is 1.78. The number of benzene rings is 3. The Balaban J connectivity index is 1.71. The molecule has 0 amide bonds. The van der Waals surface area contributed by atoms with E-state index in [4.69, 9.17) is 0 Å². The van der Waals surface area contributed by atoms with Crippen LogP contribution in [0, 0.1) is 6.92 Å². The van der Waals surface area contributed by atoms with Crippen molar-refractivity contribution in [1.82, 2.24) is 10.2 Å². The molecule has 0 saturated heterocycles. The van der Waals surface area contributed by atoms with E-state index in [1.165, 1.54) is 26.5 Å². The first-order valence-corrected chi connectivity index (χ1v) is 10.3. The van der Waals surface area contributed by atoms with Crippen molar-refractivity contribution in [1.29, 1.82) is 0 Å². The molecule has 0 fully saturated rings. The third kappa shape index (κ3) is 4.49. The van der Waals surface area contributed by atoms with Crippen LogP contribution in [0.15, 0.2) is 101 Å². The molecule has 28 heavy (non-hydrogen) atoms. The molecule has 0 N–H and O–H groups in total. The summed E-state index contributed by atoms with van der Waals surface area (Å²) in [4.78, 5) is 2.44. The van der Waals surface area contributed by atoms with Crippen molar-refractivity contribution in [2.24, 2.45) is 0 Å². The van der Waals surface area contributed by atoms with Gasteiger partial charge in [0.25, 0.3) is 0 Å². The van der Waals surface area contributed by atoms with Gasteiger partial charge in [-0.05, 0) is 35.7 Å². The van der Waals surface area contributed by atoms with Crippen LogP contribution in [0.2, 0.25) is 0 Å². The topological polar surface area (TPSA) is 25.8 Å². The predicted molar refractivity (Wildman–Crippen MR) is 116 cm³/mol. The highest BCUT2D eigenvalue weighted by atomic mass is 32.2. The van der Waals surface area contributed by atoms with Gasteiger partial charge in [-0.1, -0.05) is 90.6 Å². The summed E-state index contributed by atoms with van der Waals surface area (Å²) in [5, 5.41) is 9.26. The Morgan fingerprint density at radius 3 is 1.64 bits per heavy atom. The van der Waals surface area contributed by atoms with Crippen LogP contribution in [0.4, 0.5) is 0 Å². The first-order valence-electron chi connectivity index (χ1n) is 9.45. The molecule has 4 rings (SSSR count). The normalized spacial score (nSPS) is 10.8. The van der Waals surface area contributed by atoms with E-state index in [0.29, 0.717) is 0 Å². The molecule has 1 aromatic heterocycles. The highest BCUT2D eigenvalue weighted by molar-refractivity contribution is 7.99. The maximum atomic E-state index is 4.66. The van der Waals surface area contributed by atoms with E-state index in [2.05, 4.69) is 89.9 Å². The Labute approximate surface area is 170 Å². The molecule has 2 nitrogen and oxygen atoms in total. The van der Waals surface area contributed by atoms with Gasteiger partial charge in [-0.15, -0.1) is 0 Å². The zero-order valence-corrected chi connectivity index (χ0v) is 16.7. The fourth-order valence-corrected chi connectivity index (χ4v) is 4.22. The number of aromatic nitrogens is 2. The van der Waals surface area contributed by atoms with Gasteiger partial charge in [-0.3, -0.25) is 0 Å². The van der Waals surface area contributed by atoms with Crippen molar-refractivity contribution in [2.45, 2.75) is 29.6 Å². The summed E-state index contributed by atoms with van der Waals surface area (Å²) in [6.45, 7) is 2.17. The Kier molecular flexibility index (Phi) is 5.83. The molecule has 0 atom stereocenters. The van der Waals surface area contributed by atoms with Crippen LogP contribution >= 0.6 is 11.8 Å². The average Bonchev–Trinajstić information content (AvgIpc) is 2.75. The maximum Gasteiger partial charge on any atom is 0.0816 e. The lowest BCUT2D eigenvalue weighted by molar-refractivity contribution is 0.828. The molecule has 0 bridgehead atoms. The molecular formula is C25H22N2S. The molecule has 4 aromatic rings. The highest BCUT2D eigenvalue weighted by Gasteiger charge is 2.15. The van der Waals surface area contributed by atoms with Gasteiger partial charge < -0.3 is 0 Å². The Bertz CT molecular complexity index is 1030. The largest absolute Gasteiger partial charge is 0.155 e. The van der Waals surface area contributed by atoms with Gasteiger partial charge in [-0.2, -0.15) is 10.2 Å². The Hall–Kier alpha value is -2.91. The lowest BCUT2D eigenvalue weighted by Crippen LogP contribution is -2.06. The minimum absolute atomic E-state index is 0.787. The Morgan fingerprint density at radius 2 is 1.07 bits per heavy atom. The molecule has 0 aliphatic rings. The van der Waals surface area contributed by atoms with Gasteiger partial charge in [0.15, 0.2) is 0 Å². The third-order valence-electron chi connectivity index (χ3n) is 4.72. The second kappa shape index (κ2) is 8.85. The summed E-state index contributed by atoms with van der Waals surface area (Å²) in [5.41, 5.74) is 5.81. The van der Waals surface area contributed by atoms with E-state index < -0.39 is 0 Å². The number of rotatable bonds is 6. The lowest BCUT2D eigenvalue weighted by Gasteiger charge is -2.14. The fraction of sp³-hybridized carbons (Fsp3) is 0.120. The summed E-state index contributed by atoms with van der Waals surface area (Å²) < 4.78 is 0. The molecule has 0 aliphatic heterocycles. The molecule has 138 valence electrons. The summed E-state index contributed by atoms with van der Waals surface area (Å²) in [5.74, 6) is 0. The number of nitrogens with zero attached hydrogens (tertiary/aromatic N) is 2. The SMILES string of the molecule is Cc1c(Cc2ccccc2)nnc(Cc2ccccc2)c1Sc1ccccc1. The van der Waals surface area contributed by atoms with Crippen LogP contribution < -0.4 is 0 Å². The average molecular weight is 383 g/mol. The minimum Gasteiger partial charge on any atom is -0.155 e. The van der Waals surface area contributed by atoms with Crippen LogP contribution in [0.5, 0.6) is 0 Å². The van der Waals surface area contributed by atoms with Gasteiger partial charge in [0.05, 0.1) is 11.4 Å². The lowest BCUT2D eigenvalue weighted by atomic mass is 10.0. The fourth-order valence-electron chi connectivity index (χ4n) is 3.19. The van der Waals surface area contributed by atoms with Crippen molar-refractivity contribution >= 4 is 11.8 Å². The van der Waals surface area contributed by atoms with E-state index in [9.17, 15) is 0 Å². The quantitative estimate of drug-likeness (QED) is 0.402. The third-order valence-corrected chi connectivity index (χ3v) is 5.97.